The number of rotatable bonds is 4. The highest BCUT2D eigenvalue weighted by Crippen LogP contribution is 2.25. The molecular weight excluding hydrogens is 326 g/mol. The van der Waals surface area contributed by atoms with Crippen LogP contribution in [-0.2, 0) is 10.0 Å². The van der Waals surface area contributed by atoms with Gasteiger partial charge in [0.05, 0.1) is 0 Å². The van der Waals surface area contributed by atoms with Gasteiger partial charge >= 0.3 is 0 Å². The Labute approximate surface area is 144 Å². The van der Waals surface area contributed by atoms with Gasteiger partial charge in [-0.1, -0.05) is 26.2 Å². The number of carbonyl (C=O) groups excluding carboxylic acids is 1. The molecule has 1 aliphatic carbocycles. The van der Waals surface area contributed by atoms with E-state index in [0.29, 0.717) is 24.7 Å². The molecule has 3 rings (SSSR count). The minimum absolute atomic E-state index is 0.178. The molecule has 2 atom stereocenters. The molecular formula is C17H27N3O3S. The molecule has 1 aromatic rings. The second-order valence-corrected chi connectivity index (χ2v) is 8.99. The Morgan fingerprint density at radius 2 is 1.88 bits per heavy atom. The molecule has 2 unspecified atom stereocenters. The number of H-pyrrole nitrogens is 1. The number of amides is 1. The van der Waals surface area contributed by atoms with Crippen LogP contribution in [0.4, 0.5) is 0 Å². The van der Waals surface area contributed by atoms with Gasteiger partial charge in [-0.2, -0.15) is 4.31 Å². The predicted molar refractivity (Wildman–Crippen MR) is 92.3 cm³/mol. The van der Waals surface area contributed by atoms with Crippen molar-refractivity contribution >= 4 is 15.9 Å². The average molecular weight is 353 g/mol. The van der Waals surface area contributed by atoms with E-state index < -0.39 is 10.0 Å². The molecule has 1 saturated carbocycles. The van der Waals surface area contributed by atoms with Crippen LogP contribution in [0.15, 0.2) is 17.2 Å². The number of nitrogens with zero attached hydrogens (tertiary/aromatic N) is 1. The van der Waals surface area contributed by atoms with E-state index >= 15 is 0 Å². The number of hydrogen-bond acceptors (Lipinski definition) is 3. The normalized spacial score (nSPS) is 26.2. The zero-order valence-electron chi connectivity index (χ0n) is 14.3. The molecule has 7 heteroatoms. The molecule has 2 N–H and O–H groups in total. The van der Waals surface area contributed by atoms with Crippen LogP contribution in [0.2, 0.25) is 0 Å². The van der Waals surface area contributed by atoms with Crippen LogP contribution in [-0.4, -0.2) is 42.7 Å². The fourth-order valence-corrected chi connectivity index (χ4v) is 5.20. The highest BCUT2D eigenvalue weighted by atomic mass is 32.2. The molecule has 1 aromatic heterocycles. The van der Waals surface area contributed by atoms with E-state index in [-0.39, 0.29) is 16.8 Å². The molecule has 2 heterocycles. The Bertz CT molecular complexity index is 677. The Hall–Kier alpha value is -1.34. The average Bonchev–Trinajstić information content (AvgIpc) is 3.09. The van der Waals surface area contributed by atoms with E-state index in [1.165, 1.54) is 23.0 Å². The van der Waals surface area contributed by atoms with Crippen LogP contribution in [0.25, 0.3) is 0 Å². The van der Waals surface area contributed by atoms with E-state index in [9.17, 15) is 13.2 Å². The van der Waals surface area contributed by atoms with E-state index in [0.717, 1.165) is 38.5 Å². The molecule has 1 saturated heterocycles. The first kappa shape index (κ1) is 17.5. The molecule has 0 radical (unpaired) electrons. The number of aromatic nitrogens is 1. The van der Waals surface area contributed by atoms with Crippen LogP contribution in [0.1, 0.15) is 62.4 Å². The summed E-state index contributed by atoms with van der Waals surface area (Å²) in [5.74, 6) is 0.253. The molecule has 2 fully saturated rings. The quantitative estimate of drug-likeness (QED) is 0.872. The van der Waals surface area contributed by atoms with Gasteiger partial charge in [0.1, 0.15) is 10.6 Å². The summed E-state index contributed by atoms with van der Waals surface area (Å²) in [6.45, 7) is 3.29. The van der Waals surface area contributed by atoms with Crippen LogP contribution < -0.4 is 5.32 Å². The van der Waals surface area contributed by atoms with Gasteiger partial charge in [0, 0.05) is 25.3 Å². The van der Waals surface area contributed by atoms with Crippen LogP contribution in [0.3, 0.4) is 0 Å². The van der Waals surface area contributed by atoms with Crippen molar-refractivity contribution in [2.24, 2.45) is 5.92 Å². The van der Waals surface area contributed by atoms with Crippen molar-refractivity contribution < 1.29 is 13.2 Å². The van der Waals surface area contributed by atoms with Gasteiger partial charge in [-0.3, -0.25) is 4.79 Å². The molecule has 1 aliphatic heterocycles. The van der Waals surface area contributed by atoms with Gasteiger partial charge < -0.3 is 10.3 Å². The zero-order valence-corrected chi connectivity index (χ0v) is 15.1. The second-order valence-electron chi connectivity index (χ2n) is 7.06. The Morgan fingerprint density at radius 3 is 2.58 bits per heavy atom. The topological polar surface area (TPSA) is 82.3 Å². The molecule has 0 aromatic carbocycles. The third kappa shape index (κ3) is 3.67. The lowest BCUT2D eigenvalue weighted by Gasteiger charge is -2.29. The first-order valence-electron chi connectivity index (χ1n) is 8.98. The maximum absolute atomic E-state index is 12.6. The van der Waals surface area contributed by atoms with Crippen LogP contribution in [0.5, 0.6) is 0 Å². The summed E-state index contributed by atoms with van der Waals surface area (Å²) >= 11 is 0. The molecule has 134 valence electrons. The van der Waals surface area contributed by atoms with Crippen LogP contribution >= 0.6 is 0 Å². The fraction of sp³-hybridized carbons (Fsp3) is 0.706. The number of nitrogens with one attached hydrogen (secondary N) is 2. The van der Waals surface area contributed by atoms with E-state index in [1.54, 1.807) is 0 Å². The smallest absolute Gasteiger partial charge is 0.267 e. The lowest BCUT2D eigenvalue weighted by molar-refractivity contribution is 0.0905. The second kappa shape index (κ2) is 7.27. The largest absolute Gasteiger partial charge is 0.356 e. The third-order valence-electron chi connectivity index (χ3n) is 5.28. The maximum Gasteiger partial charge on any atom is 0.267 e. The number of piperidine rings is 1. The summed E-state index contributed by atoms with van der Waals surface area (Å²) < 4.78 is 26.8. The predicted octanol–water partition coefficient (Wildman–Crippen LogP) is 2.50. The highest BCUT2D eigenvalue weighted by Gasteiger charge is 2.28. The van der Waals surface area contributed by atoms with Gasteiger partial charge in [0.25, 0.3) is 5.91 Å². The summed E-state index contributed by atoms with van der Waals surface area (Å²) in [5.41, 5.74) is 0.323. The number of aromatic amines is 1. The summed E-state index contributed by atoms with van der Waals surface area (Å²) in [6.07, 6.45) is 8.78. The molecule has 2 aliphatic rings. The lowest BCUT2D eigenvalue weighted by atomic mass is 9.86. The number of hydrogen-bond donors (Lipinski definition) is 2. The van der Waals surface area contributed by atoms with Crippen molar-refractivity contribution in [3.63, 3.8) is 0 Å². The van der Waals surface area contributed by atoms with Crippen molar-refractivity contribution in [1.29, 1.82) is 0 Å². The van der Waals surface area contributed by atoms with Gasteiger partial charge in [-0.25, -0.2) is 8.42 Å². The van der Waals surface area contributed by atoms with Crippen molar-refractivity contribution in [3.05, 3.63) is 18.0 Å². The molecule has 1 amide bonds. The van der Waals surface area contributed by atoms with Gasteiger partial charge in [-0.05, 0) is 37.7 Å². The summed E-state index contributed by atoms with van der Waals surface area (Å²) in [7, 11) is -3.50. The maximum atomic E-state index is 12.6. The minimum atomic E-state index is -3.50. The third-order valence-corrected chi connectivity index (χ3v) is 7.16. The van der Waals surface area contributed by atoms with Gasteiger partial charge in [-0.15, -0.1) is 0 Å². The zero-order chi connectivity index (χ0) is 17.2. The highest BCUT2D eigenvalue weighted by molar-refractivity contribution is 7.89. The van der Waals surface area contributed by atoms with Crippen LogP contribution in [0, 0.1) is 5.92 Å². The summed E-state index contributed by atoms with van der Waals surface area (Å²) in [4.78, 5) is 15.4. The number of sulfonamides is 1. The SMILES string of the molecule is CC1CCCCC1NC(=O)c1cc(S(=O)(=O)N2CCCCC2)c[nH]1. The lowest BCUT2D eigenvalue weighted by Crippen LogP contribution is -2.41. The summed E-state index contributed by atoms with van der Waals surface area (Å²) in [5, 5.41) is 3.05. The minimum Gasteiger partial charge on any atom is -0.356 e. The first-order valence-corrected chi connectivity index (χ1v) is 10.4. The van der Waals surface area contributed by atoms with Crippen molar-refractivity contribution in [2.75, 3.05) is 13.1 Å². The first-order chi connectivity index (χ1) is 11.5. The van der Waals surface area contributed by atoms with E-state index in [2.05, 4.69) is 17.2 Å². The van der Waals surface area contributed by atoms with E-state index in [4.69, 9.17) is 0 Å². The Morgan fingerprint density at radius 1 is 1.17 bits per heavy atom. The number of carbonyl (C=O) groups is 1. The van der Waals surface area contributed by atoms with Crippen molar-refractivity contribution in [3.8, 4) is 0 Å². The molecule has 24 heavy (non-hydrogen) atoms. The van der Waals surface area contributed by atoms with Gasteiger partial charge in [0.2, 0.25) is 10.0 Å². The van der Waals surface area contributed by atoms with Gasteiger partial charge in [0.15, 0.2) is 0 Å². The van der Waals surface area contributed by atoms with E-state index in [1.807, 2.05) is 0 Å². The van der Waals surface area contributed by atoms with Crippen molar-refractivity contribution in [2.45, 2.75) is 62.8 Å². The Balaban J connectivity index is 1.69. The fourth-order valence-electron chi connectivity index (χ4n) is 3.69. The summed E-state index contributed by atoms with van der Waals surface area (Å²) in [6, 6.07) is 1.64. The monoisotopic (exact) mass is 353 g/mol. The molecule has 0 spiro atoms. The Kier molecular flexibility index (Phi) is 5.30. The molecule has 6 nitrogen and oxygen atoms in total. The van der Waals surface area contributed by atoms with Crippen molar-refractivity contribution in [1.82, 2.24) is 14.6 Å². The standard InChI is InChI=1S/C17H27N3O3S/c1-13-7-3-4-8-15(13)19-17(21)16-11-14(12-18-16)24(22,23)20-9-5-2-6-10-20/h11-13,15,18H,2-10H2,1H3,(H,19,21). The molecule has 0 bridgehead atoms.